The lowest BCUT2D eigenvalue weighted by Gasteiger charge is -2.28. The van der Waals surface area contributed by atoms with Crippen molar-refractivity contribution in [3.05, 3.63) is 0 Å². The van der Waals surface area contributed by atoms with Crippen molar-refractivity contribution in [2.45, 2.75) is 38.8 Å². The van der Waals surface area contributed by atoms with Crippen LogP contribution in [-0.4, -0.2) is 45.1 Å². The van der Waals surface area contributed by atoms with Crippen LogP contribution in [-0.2, 0) is 19.4 Å². The molecule has 2 atom stereocenters. The average Bonchev–Trinajstić information content (AvgIpc) is 2.29. The van der Waals surface area contributed by atoms with E-state index in [9.17, 15) is 13.2 Å². The fourth-order valence-corrected chi connectivity index (χ4v) is 3.45. The van der Waals surface area contributed by atoms with Crippen molar-refractivity contribution in [2.24, 2.45) is 5.92 Å². The minimum atomic E-state index is -2.82. The van der Waals surface area contributed by atoms with Gasteiger partial charge < -0.3 is 10.1 Å². The number of methoxy groups -OCH3 is 1. The molecule has 0 bridgehead atoms. The van der Waals surface area contributed by atoms with E-state index in [1.54, 1.807) is 0 Å². The summed E-state index contributed by atoms with van der Waals surface area (Å²) in [4.78, 5) is 11.3. The van der Waals surface area contributed by atoms with E-state index in [0.717, 1.165) is 0 Å². The van der Waals surface area contributed by atoms with Crippen molar-refractivity contribution >= 4 is 15.8 Å². The van der Waals surface area contributed by atoms with Crippen LogP contribution in [0.2, 0.25) is 0 Å². The molecule has 100 valence electrons. The zero-order chi connectivity index (χ0) is 13.1. The lowest BCUT2D eigenvalue weighted by molar-refractivity contribution is -0.145. The SMILES string of the molecule is COC(=O)C(C)C(C)NC1CCS(=O)(=O)CC1. The number of ether oxygens (including phenoxy) is 1. The van der Waals surface area contributed by atoms with Crippen LogP contribution in [0.1, 0.15) is 26.7 Å². The van der Waals surface area contributed by atoms with Crippen LogP contribution in [0.15, 0.2) is 0 Å². The molecule has 2 unspecified atom stereocenters. The molecule has 1 aliphatic heterocycles. The number of esters is 1. The zero-order valence-corrected chi connectivity index (χ0v) is 11.4. The Hall–Kier alpha value is -0.620. The van der Waals surface area contributed by atoms with E-state index in [4.69, 9.17) is 0 Å². The molecular weight excluding hydrogens is 242 g/mol. The largest absolute Gasteiger partial charge is 0.469 e. The van der Waals surface area contributed by atoms with E-state index in [1.165, 1.54) is 7.11 Å². The van der Waals surface area contributed by atoms with Gasteiger partial charge in [0.25, 0.3) is 0 Å². The van der Waals surface area contributed by atoms with Crippen molar-refractivity contribution in [1.29, 1.82) is 0 Å². The molecule has 0 aromatic heterocycles. The highest BCUT2D eigenvalue weighted by molar-refractivity contribution is 7.91. The number of hydrogen-bond donors (Lipinski definition) is 1. The average molecular weight is 263 g/mol. The maximum atomic E-state index is 11.3. The number of sulfone groups is 1. The number of carbonyl (C=O) groups is 1. The summed E-state index contributed by atoms with van der Waals surface area (Å²) in [5.41, 5.74) is 0. The predicted octanol–water partition coefficient (Wildman–Crippen LogP) is 0.351. The van der Waals surface area contributed by atoms with Gasteiger partial charge in [-0.3, -0.25) is 4.79 Å². The van der Waals surface area contributed by atoms with Crippen LogP contribution in [0.3, 0.4) is 0 Å². The summed E-state index contributed by atoms with van der Waals surface area (Å²) in [6, 6.07) is 0.175. The second-order valence-electron chi connectivity index (χ2n) is 4.69. The van der Waals surface area contributed by atoms with Crippen molar-refractivity contribution in [2.75, 3.05) is 18.6 Å². The topological polar surface area (TPSA) is 72.5 Å². The first-order valence-corrected chi connectivity index (χ1v) is 7.72. The molecule has 0 spiro atoms. The summed E-state index contributed by atoms with van der Waals surface area (Å²) in [7, 11) is -1.45. The van der Waals surface area contributed by atoms with Gasteiger partial charge in [0.2, 0.25) is 0 Å². The first-order valence-electron chi connectivity index (χ1n) is 5.90. The second kappa shape index (κ2) is 5.82. The van der Waals surface area contributed by atoms with Gasteiger partial charge >= 0.3 is 5.97 Å². The van der Waals surface area contributed by atoms with Crippen molar-refractivity contribution in [3.8, 4) is 0 Å². The molecule has 0 aromatic carbocycles. The lowest BCUT2D eigenvalue weighted by atomic mass is 10.0. The molecule has 1 heterocycles. The standard InChI is InChI=1S/C11H21NO4S/c1-8(11(13)16-3)9(2)12-10-4-6-17(14,15)7-5-10/h8-10,12H,4-7H2,1-3H3. The van der Waals surface area contributed by atoms with Gasteiger partial charge in [-0.15, -0.1) is 0 Å². The molecule has 0 aromatic rings. The molecule has 1 N–H and O–H groups in total. The van der Waals surface area contributed by atoms with Crippen LogP contribution in [0.4, 0.5) is 0 Å². The van der Waals surface area contributed by atoms with Crippen molar-refractivity contribution in [3.63, 3.8) is 0 Å². The van der Waals surface area contributed by atoms with Crippen LogP contribution < -0.4 is 5.32 Å². The Morgan fingerprint density at radius 3 is 2.29 bits per heavy atom. The van der Waals surface area contributed by atoms with E-state index in [1.807, 2.05) is 13.8 Å². The maximum Gasteiger partial charge on any atom is 0.309 e. The zero-order valence-electron chi connectivity index (χ0n) is 10.6. The van der Waals surface area contributed by atoms with E-state index in [2.05, 4.69) is 10.1 Å². The number of nitrogens with one attached hydrogen (secondary N) is 1. The first kappa shape index (κ1) is 14.4. The third-order valence-electron chi connectivity index (χ3n) is 3.38. The molecule has 0 saturated carbocycles. The number of hydrogen-bond acceptors (Lipinski definition) is 5. The summed E-state index contributed by atoms with van der Waals surface area (Å²) in [6.07, 6.45) is 1.25. The molecular formula is C11H21NO4S. The fraction of sp³-hybridized carbons (Fsp3) is 0.909. The molecule has 6 heteroatoms. The molecule has 1 aliphatic rings. The van der Waals surface area contributed by atoms with Gasteiger partial charge in [0.15, 0.2) is 0 Å². The lowest BCUT2D eigenvalue weighted by Crippen LogP contribution is -2.46. The monoisotopic (exact) mass is 263 g/mol. The van der Waals surface area contributed by atoms with E-state index in [0.29, 0.717) is 12.8 Å². The Morgan fingerprint density at radius 2 is 1.82 bits per heavy atom. The highest BCUT2D eigenvalue weighted by atomic mass is 32.2. The van der Waals surface area contributed by atoms with E-state index in [-0.39, 0.29) is 35.5 Å². The molecule has 1 rings (SSSR count). The first-order chi connectivity index (χ1) is 7.85. The molecule has 1 saturated heterocycles. The fourth-order valence-electron chi connectivity index (χ4n) is 1.96. The molecule has 17 heavy (non-hydrogen) atoms. The number of carbonyl (C=O) groups excluding carboxylic acids is 1. The summed E-state index contributed by atoms with van der Waals surface area (Å²) < 4.78 is 27.2. The Bertz CT molecular complexity index is 352. The summed E-state index contributed by atoms with van der Waals surface area (Å²) in [6.45, 7) is 3.73. The van der Waals surface area contributed by atoms with Crippen LogP contribution in [0.5, 0.6) is 0 Å². The Labute approximate surface area is 103 Å². The van der Waals surface area contributed by atoms with Gasteiger partial charge in [-0.25, -0.2) is 8.42 Å². The normalized spacial score (nSPS) is 23.9. The van der Waals surface area contributed by atoms with Gasteiger partial charge in [0.05, 0.1) is 24.5 Å². The van der Waals surface area contributed by atoms with Gasteiger partial charge in [-0.05, 0) is 19.8 Å². The number of rotatable bonds is 4. The summed E-state index contributed by atoms with van der Waals surface area (Å²) in [5, 5.41) is 3.31. The Kier molecular flexibility index (Phi) is 4.94. The van der Waals surface area contributed by atoms with Crippen molar-refractivity contribution in [1.82, 2.24) is 5.32 Å². The molecule has 0 amide bonds. The minimum Gasteiger partial charge on any atom is -0.469 e. The van der Waals surface area contributed by atoms with Crippen molar-refractivity contribution < 1.29 is 17.9 Å². The van der Waals surface area contributed by atoms with Gasteiger partial charge in [0.1, 0.15) is 9.84 Å². The van der Waals surface area contributed by atoms with Gasteiger partial charge in [-0.1, -0.05) is 6.92 Å². The Balaban J connectivity index is 2.42. The maximum absolute atomic E-state index is 11.3. The van der Waals surface area contributed by atoms with Crippen LogP contribution >= 0.6 is 0 Å². The third kappa shape index (κ3) is 4.27. The van der Waals surface area contributed by atoms with Gasteiger partial charge in [-0.2, -0.15) is 0 Å². The van der Waals surface area contributed by atoms with Gasteiger partial charge in [0, 0.05) is 12.1 Å². The molecule has 1 fully saturated rings. The van der Waals surface area contributed by atoms with Crippen LogP contribution in [0, 0.1) is 5.92 Å². The Morgan fingerprint density at radius 1 is 1.29 bits per heavy atom. The third-order valence-corrected chi connectivity index (χ3v) is 5.09. The van der Waals surface area contributed by atoms with E-state index >= 15 is 0 Å². The van der Waals surface area contributed by atoms with E-state index < -0.39 is 9.84 Å². The molecule has 0 radical (unpaired) electrons. The highest BCUT2D eigenvalue weighted by Crippen LogP contribution is 2.15. The molecule has 0 aliphatic carbocycles. The minimum absolute atomic E-state index is 0.00625. The summed E-state index contributed by atoms with van der Waals surface area (Å²) >= 11 is 0. The quantitative estimate of drug-likeness (QED) is 0.741. The summed E-state index contributed by atoms with van der Waals surface area (Å²) in [5.74, 6) is 0.0144. The second-order valence-corrected chi connectivity index (χ2v) is 7.00. The molecule has 5 nitrogen and oxygen atoms in total. The predicted molar refractivity (Wildman–Crippen MR) is 65.5 cm³/mol. The van der Waals surface area contributed by atoms with Crippen LogP contribution in [0.25, 0.3) is 0 Å². The highest BCUT2D eigenvalue weighted by Gasteiger charge is 2.27. The smallest absolute Gasteiger partial charge is 0.309 e.